The van der Waals surface area contributed by atoms with Gasteiger partial charge in [0, 0.05) is 7.11 Å². The van der Waals surface area contributed by atoms with E-state index < -0.39 is 17.9 Å². The Morgan fingerprint density at radius 1 is 1.57 bits per heavy atom. The Kier molecular flexibility index (Phi) is 3.19. The molecule has 1 aromatic carbocycles. The predicted octanol–water partition coefficient (Wildman–Crippen LogP) is 1.91. The van der Waals surface area contributed by atoms with Gasteiger partial charge in [-0.25, -0.2) is 9.18 Å². The fourth-order valence-electron chi connectivity index (χ4n) is 1.15. The molecule has 0 radical (unpaired) electrons. The number of hydrogen-bond donors (Lipinski definition) is 1. The summed E-state index contributed by atoms with van der Waals surface area (Å²) in [6, 6.07) is 4.25. The van der Waals surface area contributed by atoms with Crippen molar-refractivity contribution in [3.05, 3.63) is 35.1 Å². The molecule has 0 aliphatic carbocycles. The van der Waals surface area contributed by atoms with Gasteiger partial charge >= 0.3 is 5.97 Å². The van der Waals surface area contributed by atoms with E-state index in [0.29, 0.717) is 11.1 Å². The third kappa shape index (κ3) is 2.09. The summed E-state index contributed by atoms with van der Waals surface area (Å²) in [5, 5.41) is 8.74. The smallest absolute Gasteiger partial charge is 0.337 e. The fraction of sp³-hybridized carbons (Fsp3) is 0.300. The molecule has 0 saturated heterocycles. The number of carboxylic acid groups (broad SMARTS) is 1. The molecule has 14 heavy (non-hydrogen) atoms. The van der Waals surface area contributed by atoms with E-state index in [1.54, 1.807) is 13.0 Å². The highest BCUT2D eigenvalue weighted by atomic mass is 19.1. The van der Waals surface area contributed by atoms with Crippen LogP contribution < -0.4 is 0 Å². The van der Waals surface area contributed by atoms with Gasteiger partial charge in [0.15, 0.2) is 6.10 Å². The monoisotopic (exact) mass is 198 g/mol. The van der Waals surface area contributed by atoms with Crippen LogP contribution in [-0.2, 0) is 9.53 Å². The highest BCUT2D eigenvalue weighted by Crippen LogP contribution is 2.19. The van der Waals surface area contributed by atoms with Crippen LogP contribution in [0.1, 0.15) is 17.2 Å². The summed E-state index contributed by atoms with van der Waals surface area (Å²) in [6.07, 6.45) is -1.11. The van der Waals surface area contributed by atoms with Crippen LogP contribution in [0.3, 0.4) is 0 Å². The number of aliphatic carboxylic acids is 1. The summed E-state index contributed by atoms with van der Waals surface area (Å²) in [5.41, 5.74) is 0.789. The van der Waals surface area contributed by atoms with Gasteiger partial charge in [0.1, 0.15) is 5.82 Å². The van der Waals surface area contributed by atoms with Gasteiger partial charge in [0.2, 0.25) is 0 Å². The minimum Gasteiger partial charge on any atom is -0.479 e. The molecule has 0 amide bonds. The van der Waals surface area contributed by atoms with Crippen LogP contribution >= 0.6 is 0 Å². The first-order chi connectivity index (χ1) is 6.56. The second kappa shape index (κ2) is 4.19. The number of hydrogen-bond acceptors (Lipinski definition) is 2. The molecule has 4 heteroatoms. The van der Waals surface area contributed by atoms with E-state index in [2.05, 4.69) is 0 Å². The van der Waals surface area contributed by atoms with Crippen LogP contribution in [0.5, 0.6) is 0 Å². The molecular formula is C10H11FO3. The molecular weight excluding hydrogens is 187 g/mol. The highest BCUT2D eigenvalue weighted by molar-refractivity contribution is 5.74. The molecule has 1 unspecified atom stereocenters. The zero-order valence-electron chi connectivity index (χ0n) is 7.95. The van der Waals surface area contributed by atoms with Crippen LogP contribution in [0.2, 0.25) is 0 Å². The van der Waals surface area contributed by atoms with E-state index >= 15 is 0 Å². The molecule has 3 nitrogen and oxygen atoms in total. The zero-order chi connectivity index (χ0) is 10.7. The molecule has 0 bridgehead atoms. The fourth-order valence-corrected chi connectivity index (χ4v) is 1.15. The van der Waals surface area contributed by atoms with E-state index in [1.807, 2.05) is 0 Å². The van der Waals surface area contributed by atoms with Gasteiger partial charge in [-0.05, 0) is 24.1 Å². The lowest BCUT2D eigenvalue weighted by molar-refractivity contribution is -0.148. The van der Waals surface area contributed by atoms with Crippen LogP contribution in [0.15, 0.2) is 18.2 Å². The SMILES string of the molecule is COC(C(=O)O)c1ccc(C)c(F)c1. The van der Waals surface area contributed by atoms with Crippen molar-refractivity contribution in [1.29, 1.82) is 0 Å². The van der Waals surface area contributed by atoms with Gasteiger partial charge in [-0.1, -0.05) is 12.1 Å². The van der Waals surface area contributed by atoms with Crippen LogP contribution in [0.4, 0.5) is 4.39 Å². The number of methoxy groups -OCH3 is 1. The second-order valence-electron chi connectivity index (χ2n) is 2.96. The Morgan fingerprint density at radius 3 is 2.64 bits per heavy atom. The van der Waals surface area contributed by atoms with E-state index in [1.165, 1.54) is 19.2 Å². The first-order valence-corrected chi connectivity index (χ1v) is 4.08. The Bertz CT molecular complexity index is 349. The van der Waals surface area contributed by atoms with Crippen LogP contribution in [0.25, 0.3) is 0 Å². The molecule has 0 aromatic heterocycles. The molecule has 1 rings (SSSR count). The maximum Gasteiger partial charge on any atom is 0.337 e. The van der Waals surface area contributed by atoms with E-state index in [9.17, 15) is 9.18 Å². The third-order valence-electron chi connectivity index (χ3n) is 1.96. The standard InChI is InChI=1S/C10H11FO3/c1-6-3-4-7(5-8(6)11)9(14-2)10(12)13/h3-5,9H,1-2H3,(H,12,13). The second-order valence-corrected chi connectivity index (χ2v) is 2.96. The number of benzene rings is 1. The van der Waals surface area contributed by atoms with Gasteiger partial charge in [-0.3, -0.25) is 0 Å². The molecule has 76 valence electrons. The largest absolute Gasteiger partial charge is 0.479 e. The number of halogens is 1. The molecule has 0 spiro atoms. The highest BCUT2D eigenvalue weighted by Gasteiger charge is 2.19. The number of ether oxygens (including phenoxy) is 1. The first kappa shape index (κ1) is 10.7. The molecule has 0 aliphatic heterocycles. The van der Waals surface area contributed by atoms with Crippen LogP contribution in [-0.4, -0.2) is 18.2 Å². The van der Waals surface area contributed by atoms with Crippen molar-refractivity contribution in [2.75, 3.05) is 7.11 Å². The number of rotatable bonds is 3. The molecule has 1 atom stereocenters. The Hall–Kier alpha value is -1.42. The van der Waals surface area contributed by atoms with Gasteiger partial charge in [-0.2, -0.15) is 0 Å². The van der Waals surface area contributed by atoms with Crippen molar-refractivity contribution in [3.8, 4) is 0 Å². The molecule has 0 aliphatic rings. The lowest BCUT2D eigenvalue weighted by atomic mass is 10.1. The number of carboxylic acids is 1. The van der Waals surface area contributed by atoms with E-state index in [4.69, 9.17) is 9.84 Å². The van der Waals surface area contributed by atoms with E-state index in [-0.39, 0.29) is 0 Å². The van der Waals surface area contributed by atoms with Crippen molar-refractivity contribution < 1.29 is 19.0 Å². The molecule has 1 aromatic rings. The Labute approximate surface area is 81.1 Å². The average molecular weight is 198 g/mol. The molecule has 0 heterocycles. The quantitative estimate of drug-likeness (QED) is 0.806. The minimum absolute atomic E-state index is 0.308. The van der Waals surface area contributed by atoms with Crippen molar-refractivity contribution in [2.24, 2.45) is 0 Å². The number of carbonyl (C=O) groups is 1. The van der Waals surface area contributed by atoms with Crippen molar-refractivity contribution in [1.82, 2.24) is 0 Å². The summed E-state index contributed by atoms with van der Waals surface area (Å²) in [6.45, 7) is 1.61. The maximum atomic E-state index is 13.1. The summed E-state index contributed by atoms with van der Waals surface area (Å²) >= 11 is 0. The van der Waals surface area contributed by atoms with Gasteiger partial charge in [0.05, 0.1) is 0 Å². The minimum atomic E-state index is -1.13. The predicted molar refractivity (Wildman–Crippen MR) is 48.5 cm³/mol. The normalized spacial score (nSPS) is 12.5. The van der Waals surface area contributed by atoms with Gasteiger partial charge < -0.3 is 9.84 Å². The van der Waals surface area contributed by atoms with Gasteiger partial charge in [0.25, 0.3) is 0 Å². The Balaban J connectivity index is 3.06. The van der Waals surface area contributed by atoms with Gasteiger partial charge in [-0.15, -0.1) is 0 Å². The summed E-state index contributed by atoms with van der Waals surface area (Å²) in [7, 11) is 1.27. The summed E-state index contributed by atoms with van der Waals surface area (Å²) in [5.74, 6) is -1.55. The summed E-state index contributed by atoms with van der Waals surface area (Å²) in [4.78, 5) is 10.7. The Morgan fingerprint density at radius 2 is 2.21 bits per heavy atom. The van der Waals surface area contributed by atoms with Crippen molar-refractivity contribution >= 4 is 5.97 Å². The van der Waals surface area contributed by atoms with E-state index in [0.717, 1.165) is 0 Å². The molecule has 0 saturated carbocycles. The lowest BCUT2D eigenvalue weighted by Crippen LogP contribution is -2.13. The lowest BCUT2D eigenvalue weighted by Gasteiger charge is -2.10. The summed E-state index contributed by atoms with van der Waals surface area (Å²) < 4.78 is 17.8. The zero-order valence-corrected chi connectivity index (χ0v) is 7.95. The van der Waals surface area contributed by atoms with Crippen molar-refractivity contribution in [3.63, 3.8) is 0 Å². The average Bonchev–Trinajstić information content (AvgIpc) is 2.11. The molecule has 1 N–H and O–H groups in total. The number of aryl methyl sites for hydroxylation is 1. The molecule has 0 fully saturated rings. The third-order valence-corrected chi connectivity index (χ3v) is 1.96. The maximum absolute atomic E-state index is 13.1. The topological polar surface area (TPSA) is 46.5 Å². The van der Waals surface area contributed by atoms with Crippen molar-refractivity contribution in [2.45, 2.75) is 13.0 Å². The van der Waals surface area contributed by atoms with Crippen LogP contribution in [0, 0.1) is 12.7 Å². The first-order valence-electron chi connectivity index (χ1n) is 4.08.